The first-order valence-corrected chi connectivity index (χ1v) is 6.01. The van der Waals surface area contributed by atoms with E-state index >= 15 is 0 Å². The fourth-order valence-corrected chi connectivity index (χ4v) is 2.07. The lowest BCUT2D eigenvalue weighted by atomic mass is 9.92. The van der Waals surface area contributed by atoms with Crippen molar-refractivity contribution in [3.63, 3.8) is 0 Å². The summed E-state index contributed by atoms with van der Waals surface area (Å²) in [6.07, 6.45) is -3.97. The van der Waals surface area contributed by atoms with E-state index in [9.17, 15) is 27.2 Å². The van der Waals surface area contributed by atoms with Crippen LogP contribution in [0, 0.1) is 0 Å². The molecule has 1 atom stereocenters. The van der Waals surface area contributed by atoms with Crippen molar-refractivity contribution >= 4 is 11.8 Å². The average molecular weight is 304 g/mol. The molecule has 0 aliphatic carbocycles. The molecule has 1 heterocycles. The highest BCUT2D eigenvalue weighted by Gasteiger charge is 2.47. The standard InChI is InChI=1S/C13H12F4N2O2/c1-19-9(20)5-6-2-3-7(4-8(6)11(19)21)10(18)13(16,17)12(14)15/h2-4,10,12H,5,18H2,1H3. The first kappa shape index (κ1) is 15.4. The SMILES string of the molecule is CN1C(=O)Cc2ccc(C(N)C(F)(F)C(F)F)cc2C1=O. The topological polar surface area (TPSA) is 63.4 Å². The Morgan fingerprint density at radius 3 is 2.48 bits per heavy atom. The molecule has 1 unspecified atom stereocenters. The Morgan fingerprint density at radius 2 is 1.90 bits per heavy atom. The van der Waals surface area contributed by atoms with Crippen LogP contribution in [0.1, 0.15) is 27.5 Å². The lowest BCUT2D eigenvalue weighted by Crippen LogP contribution is -2.41. The van der Waals surface area contributed by atoms with Gasteiger partial charge in [0.25, 0.3) is 5.91 Å². The van der Waals surface area contributed by atoms with Crippen LogP contribution < -0.4 is 5.73 Å². The van der Waals surface area contributed by atoms with Gasteiger partial charge in [0.2, 0.25) is 5.91 Å². The zero-order valence-corrected chi connectivity index (χ0v) is 10.9. The van der Waals surface area contributed by atoms with Crippen molar-refractivity contribution in [2.24, 2.45) is 5.73 Å². The number of likely N-dealkylation sites (N-methyl/N-ethyl adjacent to an activating group) is 1. The van der Waals surface area contributed by atoms with Crippen molar-refractivity contribution in [2.45, 2.75) is 24.8 Å². The Morgan fingerprint density at radius 1 is 1.29 bits per heavy atom. The van der Waals surface area contributed by atoms with Gasteiger partial charge in [-0.05, 0) is 17.2 Å². The molecule has 114 valence electrons. The van der Waals surface area contributed by atoms with Gasteiger partial charge in [-0.2, -0.15) is 8.78 Å². The summed E-state index contributed by atoms with van der Waals surface area (Å²) in [6.45, 7) is 0. The van der Waals surface area contributed by atoms with Gasteiger partial charge in [0.05, 0.1) is 6.42 Å². The third kappa shape index (κ3) is 2.51. The normalized spacial score (nSPS) is 17.2. The molecule has 0 spiro atoms. The second-order valence-electron chi connectivity index (χ2n) is 4.80. The minimum Gasteiger partial charge on any atom is -0.319 e. The number of benzene rings is 1. The molecular weight excluding hydrogens is 292 g/mol. The van der Waals surface area contributed by atoms with Gasteiger partial charge in [-0.1, -0.05) is 12.1 Å². The molecule has 0 radical (unpaired) electrons. The van der Waals surface area contributed by atoms with Gasteiger partial charge in [-0.15, -0.1) is 0 Å². The number of imide groups is 1. The fraction of sp³-hybridized carbons (Fsp3) is 0.385. The maximum atomic E-state index is 13.3. The summed E-state index contributed by atoms with van der Waals surface area (Å²) < 4.78 is 51.2. The van der Waals surface area contributed by atoms with Crippen LogP contribution in [0.5, 0.6) is 0 Å². The predicted octanol–water partition coefficient (Wildman–Crippen LogP) is 1.74. The summed E-state index contributed by atoms with van der Waals surface area (Å²) in [5, 5.41) is 0. The first-order valence-electron chi connectivity index (χ1n) is 6.01. The molecule has 0 saturated carbocycles. The minimum atomic E-state index is -4.41. The maximum absolute atomic E-state index is 13.3. The Balaban J connectivity index is 2.43. The third-order valence-corrected chi connectivity index (χ3v) is 3.45. The molecule has 1 aromatic rings. The van der Waals surface area contributed by atoms with E-state index in [2.05, 4.69) is 0 Å². The van der Waals surface area contributed by atoms with Crippen LogP contribution >= 0.6 is 0 Å². The molecule has 1 aromatic carbocycles. The van der Waals surface area contributed by atoms with Crippen LogP contribution in [0.25, 0.3) is 0 Å². The summed E-state index contributed by atoms with van der Waals surface area (Å²) >= 11 is 0. The quantitative estimate of drug-likeness (QED) is 0.683. The van der Waals surface area contributed by atoms with E-state index in [1.165, 1.54) is 13.1 Å². The van der Waals surface area contributed by atoms with E-state index in [4.69, 9.17) is 5.73 Å². The summed E-state index contributed by atoms with van der Waals surface area (Å²) in [5.41, 5.74) is 5.29. The predicted molar refractivity (Wildman–Crippen MR) is 65.1 cm³/mol. The molecule has 1 aliphatic heterocycles. The highest BCUT2D eigenvalue weighted by atomic mass is 19.3. The van der Waals surface area contributed by atoms with Gasteiger partial charge in [0.15, 0.2) is 0 Å². The van der Waals surface area contributed by atoms with Crippen molar-refractivity contribution in [3.8, 4) is 0 Å². The lowest BCUT2D eigenvalue weighted by molar-refractivity contribution is -0.144. The number of nitrogens with two attached hydrogens (primary N) is 1. The Hall–Kier alpha value is -1.96. The Bertz CT molecular complexity index is 604. The maximum Gasteiger partial charge on any atom is 0.326 e. The molecule has 21 heavy (non-hydrogen) atoms. The molecule has 0 aromatic heterocycles. The van der Waals surface area contributed by atoms with Crippen molar-refractivity contribution in [1.82, 2.24) is 4.90 Å². The molecule has 0 saturated heterocycles. The molecule has 2 N–H and O–H groups in total. The van der Waals surface area contributed by atoms with Gasteiger partial charge >= 0.3 is 12.3 Å². The first-order chi connectivity index (χ1) is 9.66. The molecule has 8 heteroatoms. The zero-order chi connectivity index (χ0) is 15.9. The van der Waals surface area contributed by atoms with E-state index in [0.29, 0.717) is 5.56 Å². The number of alkyl halides is 4. The van der Waals surface area contributed by atoms with Gasteiger partial charge in [-0.3, -0.25) is 14.5 Å². The monoisotopic (exact) mass is 304 g/mol. The van der Waals surface area contributed by atoms with Crippen LogP contribution in [-0.2, 0) is 11.2 Å². The summed E-state index contributed by atoms with van der Waals surface area (Å²) in [4.78, 5) is 24.3. The van der Waals surface area contributed by atoms with E-state index in [1.54, 1.807) is 0 Å². The molecule has 2 amide bonds. The average Bonchev–Trinajstić information content (AvgIpc) is 2.43. The minimum absolute atomic E-state index is 0.0233. The highest BCUT2D eigenvalue weighted by Crippen LogP contribution is 2.36. The van der Waals surface area contributed by atoms with Gasteiger partial charge in [-0.25, -0.2) is 8.78 Å². The molecule has 0 bridgehead atoms. The number of hydrogen-bond donors (Lipinski definition) is 1. The number of fused-ring (bicyclic) bond motifs is 1. The number of rotatable bonds is 3. The van der Waals surface area contributed by atoms with Gasteiger partial charge in [0.1, 0.15) is 6.04 Å². The smallest absolute Gasteiger partial charge is 0.319 e. The van der Waals surface area contributed by atoms with E-state index < -0.39 is 30.2 Å². The fourth-order valence-electron chi connectivity index (χ4n) is 2.07. The lowest BCUT2D eigenvalue weighted by Gasteiger charge is -2.26. The van der Waals surface area contributed by atoms with E-state index in [-0.39, 0.29) is 17.5 Å². The van der Waals surface area contributed by atoms with Crippen LogP contribution in [0.4, 0.5) is 17.6 Å². The van der Waals surface area contributed by atoms with E-state index in [1.807, 2.05) is 0 Å². The Kier molecular flexibility index (Phi) is 3.75. The molecule has 4 nitrogen and oxygen atoms in total. The highest BCUT2D eigenvalue weighted by molar-refractivity contribution is 6.09. The summed E-state index contributed by atoms with van der Waals surface area (Å²) in [7, 11) is 1.26. The van der Waals surface area contributed by atoms with Crippen molar-refractivity contribution in [2.75, 3.05) is 7.05 Å². The van der Waals surface area contributed by atoms with Crippen molar-refractivity contribution < 1.29 is 27.2 Å². The molecular formula is C13H12F4N2O2. The van der Waals surface area contributed by atoms with Crippen LogP contribution in [0.3, 0.4) is 0 Å². The number of carbonyl (C=O) groups excluding carboxylic acids is 2. The van der Waals surface area contributed by atoms with Gasteiger partial charge in [0, 0.05) is 12.6 Å². The zero-order valence-electron chi connectivity index (χ0n) is 10.9. The van der Waals surface area contributed by atoms with Crippen LogP contribution in [-0.4, -0.2) is 36.1 Å². The van der Waals surface area contributed by atoms with Crippen LogP contribution in [0.2, 0.25) is 0 Å². The number of hydrogen-bond acceptors (Lipinski definition) is 3. The number of halogens is 4. The number of nitrogens with zero attached hydrogens (tertiary/aromatic N) is 1. The van der Waals surface area contributed by atoms with E-state index in [0.717, 1.165) is 17.0 Å². The number of carbonyl (C=O) groups is 2. The molecule has 1 aliphatic rings. The van der Waals surface area contributed by atoms with Gasteiger partial charge < -0.3 is 5.73 Å². The summed E-state index contributed by atoms with van der Waals surface area (Å²) in [5.74, 6) is -5.51. The molecule has 2 rings (SSSR count). The third-order valence-electron chi connectivity index (χ3n) is 3.45. The van der Waals surface area contributed by atoms with Crippen molar-refractivity contribution in [1.29, 1.82) is 0 Å². The second kappa shape index (κ2) is 5.10. The summed E-state index contributed by atoms with van der Waals surface area (Å²) in [6, 6.07) is 1.22. The second-order valence-corrected chi connectivity index (χ2v) is 4.80. The number of amides is 2. The Labute approximate surface area is 117 Å². The van der Waals surface area contributed by atoms with Crippen LogP contribution in [0.15, 0.2) is 18.2 Å². The molecule has 0 fully saturated rings. The largest absolute Gasteiger partial charge is 0.326 e. The van der Waals surface area contributed by atoms with Crippen molar-refractivity contribution in [3.05, 3.63) is 34.9 Å².